The van der Waals surface area contributed by atoms with Crippen LogP contribution in [0, 0.1) is 0 Å². The summed E-state index contributed by atoms with van der Waals surface area (Å²) < 4.78 is 5.33. The van der Waals surface area contributed by atoms with Crippen molar-refractivity contribution < 1.29 is 4.42 Å². The molecule has 2 nitrogen and oxygen atoms in total. The third kappa shape index (κ3) is 2.42. The van der Waals surface area contributed by atoms with Crippen molar-refractivity contribution in [3.8, 4) is 0 Å². The molecule has 0 radical (unpaired) electrons. The second-order valence-electron chi connectivity index (χ2n) is 4.67. The zero-order valence-corrected chi connectivity index (χ0v) is 9.86. The lowest BCUT2D eigenvalue weighted by molar-refractivity contribution is 0.416. The molecule has 2 heteroatoms. The van der Waals surface area contributed by atoms with Crippen molar-refractivity contribution in [3.63, 3.8) is 0 Å². The lowest BCUT2D eigenvalue weighted by Crippen LogP contribution is -2.33. The van der Waals surface area contributed by atoms with Crippen LogP contribution in [0.5, 0.6) is 0 Å². The number of rotatable bonds is 3. The molecular weight excluding hydrogens is 210 g/mol. The fourth-order valence-electron chi connectivity index (χ4n) is 2.53. The van der Waals surface area contributed by atoms with Crippen molar-refractivity contribution in [2.75, 3.05) is 0 Å². The second-order valence-corrected chi connectivity index (χ2v) is 4.67. The Morgan fingerprint density at radius 3 is 2.82 bits per heavy atom. The van der Waals surface area contributed by atoms with E-state index in [0.717, 1.165) is 18.7 Å². The predicted octanol–water partition coefficient (Wildman–Crippen LogP) is 2.93. The van der Waals surface area contributed by atoms with Gasteiger partial charge in [0, 0.05) is 6.04 Å². The Kier molecular flexibility index (Phi) is 2.97. The molecule has 3 rings (SSSR count). The summed E-state index contributed by atoms with van der Waals surface area (Å²) in [6, 6.07) is 13.3. The van der Waals surface area contributed by atoms with Crippen LogP contribution in [-0.4, -0.2) is 6.04 Å². The number of furan rings is 1. The highest BCUT2D eigenvalue weighted by Gasteiger charge is 2.17. The van der Waals surface area contributed by atoms with Crippen molar-refractivity contribution in [2.45, 2.75) is 31.8 Å². The van der Waals surface area contributed by atoms with Crippen LogP contribution in [0.1, 0.15) is 23.3 Å². The first-order valence-electron chi connectivity index (χ1n) is 6.24. The summed E-state index contributed by atoms with van der Waals surface area (Å²) >= 11 is 0. The smallest absolute Gasteiger partial charge is 0.117 e. The summed E-state index contributed by atoms with van der Waals surface area (Å²) in [4.78, 5) is 0. The van der Waals surface area contributed by atoms with Crippen LogP contribution in [0.2, 0.25) is 0 Å². The van der Waals surface area contributed by atoms with Gasteiger partial charge in [-0.25, -0.2) is 0 Å². The molecule has 1 aliphatic rings. The van der Waals surface area contributed by atoms with Crippen LogP contribution < -0.4 is 5.32 Å². The van der Waals surface area contributed by atoms with E-state index >= 15 is 0 Å². The molecule has 1 heterocycles. The van der Waals surface area contributed by atoms with Gasteiger partial charge in [0.2, 0.25) is 0 Å². The van der Waals surface area contributed by atoms with Gasteiger partial charge in [0.25, 0.3) is 0 Å². The average Bonchev–Trinajstić information content (AvgIpc) is 2.89. The largest absolute Gasteiger partial charge is 0.468 e. The highest BCUT2D eigenvalue weighted by Crippen LogP contribution is 2.21. The third-order valence-electron chi connectivity index (χ3n) is 3.49. The maximum Gasteiger partial charge on any atom is 0.117 e. The van der Waals surface area contributed by atoms with Gasteiger partial charge in [-0.15, -0.1) is 0 Å². The van der Waals surface area contributed by atoms with Crippen LogP contribution in [0.25, 0.3) is 0 Å². The highest BCUT2D eigenvalue weighted by molar-refractivity contribution is 5.30. The van der Waals surface area contributed by atoms with Crippen molar-refractivity contribution in [1.29, 1.82) is 0 Å². The molecule has 1 N–H and O–H groups in total. The molecule has 0 spiro atoms. The molecule has 0 unspecified atom stereocenters. The summed E-state index contributed by atoms with van der Waals surface area (Å²) in [6.07, 6.45) is 5.27. The minimum absolute atomic E-state index is 0.579. The Bertz CT molecular complexity index is 475. The summed E-state index contributed by atoms with van der Waals surface area (Å²) in [5.74, 6) is 1.02. The molecule has 1 aromatic heterocycles. The number of fused-ring (bicyclic) bond motifs is 1. The van der Waals surface area contributed by atoms with Gasteiger partial charge >= 0.3 is 0 Å². The molecule has 1 atom stereocenters. The molecule has 88 valence electrons. The van der Waals surface area contributed by atoms with Crippen LogP contribution in [-0.2, 0) is 19.4 Å². The number of hydrogen-bond acceptors (Lipinski definition) is 2. The Labute approximate surface area is 102 Å². The van der Waals surface area contributed by atoms with E-state index in [-0.39, 0.29) is 0 Å². The van der Waals surface area contributed by atoms with E-state index in [0.29, 0.717) is 6.04 Å². The molecule has 0 fully saturated rings. The number of hydrogen-bond donors (Lipinski definition) is 1. The summed E-state index contributed by atoms with van der Waals surface area (Å²) in [5, 5.41) is 3.57. The second kappa shape index (κ2) is 4.76. The fourth-order valence-corrected chi connectivity index (χ4v) is 2.53. The van der Waals surface area contributed by atoms with E-state index < -0.39 is 0 Å². The van der Waals surface area contributed by atoms with Gasteiger partial charge in [-0.2, -0.15) is 0 Å². The Balaban J connectivity index is 1.61. The van der Waals surface area contributed by atoms with Crippen LogP contribution in [0.4, 0.5) is 0 Å². The molecule has 0 aliphatic heterocycles. The predicted molar refractivity (Wildman–Crippen MR) is 67.8 cm³/mol. The number of nitrogens with one attached hydrogen (secondary N) is 1. The van der Waals surface area contributed by atoms with E-state index in [1.165, 1.54) is 24.0 Å². The van der Waals surface area contributed by atoms with Gasteiger partial charge in [0.15, 0.2) is 0 Å². The normalized spacial score (nSPS) is 18.9. The Hall–Kier alpha value is -1.54. The van der Waals surface area contributed by atoms with Crippen molar-refractivity contribution in [2.24, 2.45) is 0 Å². The lowest BCUT2D eigenvalue weighted by Gasteiger charge is -2.25. The van der Waals surface area contributed by atoms with Crippen LogP contribution >= 0.6 is 0 Å². The van der Waals surface area contributed by atoms with Gasteiger partial charge in [-0.1, -0.05) is 24.3 Å². The third-order valence-corrected chi connectivity index (χ3v) is 3.49. The average molecular weight is 227 g/mol. The minimum atomic E-state index is 0.579. The molecule has 1 aromatic carbocycles. The SMILES string of the molecule is c1coc(CN[C@H]2CCc3ccccc3C2)c1. The minimum Gasteiger partial charge on any atom is -0.468 e. The maximum absolute atomic E-state index is 5.33. The summed E-state index contributed by atoms with van der Waals surface area (Å²) in [7, 11) is 0. The van der Waals surface area contributed by atoms with E-state index in [1.807, 2.05) is 12.1 Å². The first kappa shape index (κ1) is 10.6. The van der Waals surface area contributed by atoms with E-state index in [1.54, 1.807) is 6.26 Å². The van der Waals surface area contributed by atoms with Gasteiger partial charge in [0.05, 0.1) is 12.8 Å². The first-order chi connectivity index (χ1) is 8.42. The quantitative estimate of drug-likeness (QED) is 0.872. The van der Waals surface area contributed by atoms with Crippen LogP contribution in [0.3, 0.4) is 0 Å². The maximum atomic E-state index is 5.33. The molecular formula is C15H17NO. The molecule has 0 saturated carbocycles. The van der Waals surface area contributed by atoms with Crippen molar-refractivity contribution in [3.05, 3.63) is 59.5 Å². The first-order valence-corrected chi connectivity index (χ1v) is 6.24. The Morgan fingerprint density at radius 2 is 2.00 bits per heavy atom. The molecule has 0 saturated heterocycles. The number of aryl methyl sites for hydroxylation is 1. The standard InChI is InChI=1S/C15H17NO/c1-2-5-13-10-14(8-7-12(13)4-1)16-11-15-6-3-9-17-15/h1-6,9,14,16H,7-8,10-11H2/t14-/m0/s1. The van der Waals surface area contributed by atoms with Gasteiger partial charge in [0.1, 0.15) is 5.76 Å². The van der Waals surface area contributed by atoms with Crippen molar-refractivity contribution >= 4 is 0 Å². The number of benzene rings is 1. The van der Waals surface area contributed by atoms with E-state index in [2.05, 4.69) is 29.6 Å². The highest BCUT2D eigenvalue weighted by atomic mass is 16.3. The monoisotopic (exact) mass is 227 g/mol. The topological polar surface area (TPSA) is 25.2 Å². The van der Waals surface area contributed by atoms with Crippen LogP contribution in [0.15, 0.2) is 47.1 Å². The molecule has 17 heavy (non-hydrogen) atoms. The summed E-state index contributed by atoms with van der Waals surface area (Å²) in [6.45, 7) is 0.833. The fraction of sp³-hybridized carbons (Fsp3) is 0.333. The summed E-state index contributed by atoms with van der Waals surface area (Å²) in [5.41, 5.74) is 3.01. The zero-order valence-electron chi connectivity index (χ0n) is 9.86. The van der Waals surface area contributed by atoms with E-state index in [4.69, 9.17) is 4.42 Å². The van der Waals surface area contributed by atoms with Crippen molar-refractivity contribution in [1.82, 2.24) is 5.32 Å². The van der Waals surface area contributed by atoms with Gasteiger partial charge in [-0.3, -0.25) is 0 Å². The molecule has 0 amide bonds. The van der Waals surface area contributed by atoms with Gasteiger partial charge in [-0.05, 0) is 42.5 Å². The lowest BCUT2D eigenvalue weighted by atomic mass is 9.88. The molecule has 2 aromatic rings. The molecule has 1 aliphatic carbocycles. The van der Waals surface area contributed by atoms with Gasteiger partial charge < -0.3 is 9.73 Å². The zero-order chi connectivity index (χ0) is 11.5. The van der Waals surface area contributed by atoms with E-state index in [9.17, 15) is 0 Å². The molecule has 0 bridgehead atoms. The Morgan fingerprint density at radius 1 is 1.12 bits per heavy atom.